The van der Waals surface area contributed by atoms with Crippen LogP contribution in [0.3, 0.4) is 0 Å². The van der Waals surface area contributed by atoms with Gasteiger partial charge in [0.2, 0.25) is 5.91 Å². The van der Waals surface area contributed by atoms with E-state index < -0.39 is 0 Å². The van der Waals surface area contributed by atoms with Crippen LogP contribution in [0.15, 0.2) is 5.10 Å². The van der Waals surface area contributed by atoms with Crippen LogP contribution in [-0.4, -0.2) is 24.7 Å². The minimum absolute atomic E-state index is 0.117. The van der Waals surface area contributed by atoms with E-state index in [0.717, 1.165) is 44.0 Å². The van der Waals surface area contributed by atoms with E-state index in [-0.39, 0.29) is 11.8 Å². The fourth-order valence-corrected chi connectivity index (χ4v) is 3.32. The molecule has 4 atom stereocenters. The Morgan fingerprint density at radius 1 is 1.15 bits per heavy atom. The predicted octanol–water partition coefficient (Wildman–Crippen LogP) is 2.55. The van der Waals surface area contributed by atoms with Gasteiger partial charge < -0.3 is 5.32 Å². The first kappa shape index (κ1) is 15.5. The van der Waals surface area contributed by atoms with Crippen molar-refractivity contribution in [2.75, 3.05) is 13.1 Å². The number of hydrogen-bond donors (Lipinski definition) is 2. The summed E-state index contributed by atoms with van der Waals surface area (Å²) in [6, 6.07) is 0. The van der Waals surface area contributed by atoms with Gasteiger partial charge in [-0.1, -0.05) is 13.8 Å². The van der Waals surface area contributed by atoms with Crippen LogP contribution >= 0.6 is 0 Å². The zero-order chi connectivity index (χ0) is 14.5. The van der Waals surface area contributed by atoms with Gasteiger partial charge in [-0.15, -0.1) is 0 Å². The number of hydrazone groups is 1. The standard InChI is InChI=1S/C16H29N3O/c1-11-6-7-14(9-12(11)2)16(20)19-18-13(3)15-5-4-8-17-10-15/h11-12,14-15,17H,4-10H2,1-3H3,(H,19,20)/b18-13+. The lowest BCUT2D eigenvalue weighted by Crippen LogP contribution is -2.36. The van der Waals surface area contributed by atoms with E-state index in [4.69, 9.17) is 0 Å². The number of piperidine rings is 1. The van der Waals surface area contributed by atoms with Crippen LogP contribution in [0, 0.1) is 23.7 Å². The van der Waals surface area contributed by atoms with E-state index >= 15 is 0 Å². The fourth-order valence-electron chi connectivity index (χ4n) is 3.32. The molecular formula is C16H29N3O. The molecule has 4 heteroatoms. The lowest BCUT2D eigenvalue weighted by Gasteiger charge is -2.30. The Morgan fingerprint density at radius 3 is 2.60 bits per heavy atom. The van der Waals surface area contributed by atoms with E-state index in [1.54, 1.807) is 0 Å². The molecule has 1 heterocycles. The first-order chi connectivity index (χ1) is 9.58. The average molecular weight is 279 g/mol. The van der Waals surface area contributed by atoms with Crippen LogP contribution in [0.4, 0.5) is 0 Å². The minimum Gasteiger partial charge on any atom is -0.316 e. The van der Waals surface area contributed by atoms with Gasteiger partial charge in [-0.25, -0.2) is 5.43 Å². The van der Waals surface area contributed by atoms with E-state index in [1.165, 1.54) is 12.8 Å². The Balaban J connectivity index is 1.81. The largest absolute Gasteiger partial charge is 0.316 e. The Hall–Kier alpha value is -0.900. The highest BCUT2D eigenvalue weighted by molar-refractivity contribution is 5.87. The summed E-state index contributed by atoms with van der Waals surface area (Å²) in [5, 5.41) is 7.73. The molecule has 0 spiro atoms. The Bertz CT molecular complexity index is 361. The molecule has 0 aromatic rings. The van der Waals surface area contributed by atoms with Gasteiger partial charge in [-0.05, 0) is 57.4 Å². The van der Waals surface area contributed by atoms with Crippen molar-refractivity contribution in [3.8, 4) is 0 Å². The van der Waals surface area contributed by atoms with Crippen LogP contribution in [0.5, 0.6) is 0 Å². The van der Waals surface area contributed by atoms with Crippen LogP contribution in [0.2, 0.25) is 0 Å². The maximum absolute atomic E-state index is 12.2. The lowest BCUT2D eigenvalue weighted by atomic mass is 9.75. The molecular weight excluding hydrogens is 250 g/mol. The molecule has 4 nitrogen and oxygen atoms in total. The highest BCUT2D eigenvalue weighted by Gasteiger charge is 2.29. The van der Waals surface area contributed by atoms with Crippen molar-refractivity contribution < 1.29 is 4.79 Å². The Morgan fingerprint density at radius 2 is 1.95 bits per heavy atom. The second-order valence-electron chi connectivity index (χ2n) is 6.74. The average Bonchev–Trinajstić information content (AvgIpc) is 2.48. The quantitative estimate of drug-likeness (QED) is 0.616. The van der Waals surface area contributed by atoms with E-state index in [9.17, 15) is 4.79 Å². The van der Waals surface area contributed by atoms with Crippen molar-refractivity contribution in [3.05, 3.63) is 0 Å². The molecule has 2 rings (SSSR count). The van der Waals surface area contributed by atoms with Gasteiger partial charge in [-0.2, -0.15) is 5.10 Å². The monoisotopic (exact) mass is 279 g/mol. The maximum atomic E-state index is 12.2. The highest BCUT2D eigenvalue weighted by atomic mass is 16.2. The number of nitrogens with zero attached hydrogens (tertiary/aromatic N) is 1. The van der Waals surface area contributed by atoms with Crippen molar-refractivity contribution in [1.82, 2.24) is 10.7 Å². The summed E-state index contributed by atoms with van der Waals surface area (Å²) < 4.78 is 0. The summed E-state index contributed by atoms with van der Waals surface area (Å²) in [6.07, 6.45) is 5.55. The number of carbonyl (C=O) groups is 1. The number of carbonyl (C=O) groups excluding carboxylic acids is 1. The van der Waals surface area contributed by atoms with E-state index in [0.29, 0.717) is 11.8 Å². The summed E-state index contributed by atoms with van der Waals surface area (Å²) in [5.41, 5.74) is 3.86. The molecule has 0 bridgehead atoms. The molecule has 2 N–H and O–H groups in total. The molecule has 114 valence electrons. The number of amides is 1. The van der Waals surface area contributed by atoms with Gasteiger partial charge in [-0.3, -0.25) is 4.79 Å². The predicted molar refractivity (Wildman–Crippen MR) is 82.5 cm³/mol. The van der Waals surface area contributed by atoms with Crippen molar-refractivity contribution >= 4 is 11.6 Å². The van der Waals surface area contributed by atoms with Crippen molar-refractivity contribution in [3.63, 3.8) is 0 Å². The summed E-state index contributed by atoms with van der Waals surface area (Å²) in [7, 11) is 0. The second kappa shape index (κ2) is 7.21. The lowest BCUT2D eigenvalue weighted by molar-refractivity contribution is -0.126. The van der Waals surface area contributed by atoms with Gasteiger partial charge in [0.25, 0.3) is 0 Å². The summed E-state index contributed by atoms with van der Waals surface area (Å²) in [6.45, 7) is 8.67. The van der Waals surface area contributed by atoms with Gasteiger partial charge in [0.05, 0.1) is 0 Å². The highest BCUT2D eigenvalue weighted by Crippen LogP contribution is 2.33. The fraction of sp³-hybridized carbons (Fsp3) is 0.875. The first-order valence-electron chi connectivity index (χ1n) is 8.12. The molecule has 2 fully saturated rings. The van der Waals surface area contributed by atoms with Crippen LogP contribution in [0.25, 0.3) is 0 Å². The van der Waals surface area contributed by atoms with Crippen molar-refractivity contribution in [2.24, 2.45) is 28.8 Å². The third kappa shape index (κ3) is 4.05. The molecule has 0 aromatic carbocycles. The maximum Gasteiger partial charge on any atom is 0.243 e. The molecule has 1 aliphatic carbocycles. The smallest absolute Gasteiger partial charge is 0.243 e. The van der Waals surface area contributed by atoms with Crippen molar-refractivity contribution in [2.45, 2.75) is 52.9 Å². The molecule has 0 aromatic heterocycles. The summed E-state index contributed by atoms with van der Waals surface area (Å²) in [5.74, 6) is 2.15. The molecule has 1 aliphatic heterocycles. The zero-order valence-electron chi connectivity index (χ0n) is 13.1. The summed E-state index contributed by atoms with van der Waals surface area (Å²) >= 11 is 0. The molecule has 2 aliphatic rings. The van der Waals surface area contributed by atoms with Gasteiger partial charge in [0, 0.05) is 24.1 Å². The number of nitrogens with one attached hydrogen (secondary N) is 2. The van der Waals surface area contributed by atoms with Gasteiger partial charge in [0.15, 0.2) is 0 Å². The third-order valence-corrected chi connectivity index (χ3v) is 5.20. The van der Waals surface area contributed by atoms with Crippen LogP contribution in [0.1, 0.15) is 52.9 Å². The van der Waals surface area contributed by atoms with Crippen molar-refractivity contribution in [1.29, 1.82) is 0 Å². The molecule has 0 radical (unpaired) electrons. The Kier molecular flexibility index (Phi) is 5.58. The third-order valence-electron chi connectivity index (χ3n) is 5.20. The molecule has 4 unspecified atom stereocenters. The minimum atomic E-state index is 0.117. The SMILES string of the molecule is C/C(=N\NC(=O)C1CCC(C)C(C)C1)C1CCCNC1. The van der Waals surface area contributed by atoms with Crippen LogP contribution < -0.4 is 10.7 Å². The summed E-state index contributed by atoms with van der Waals surface area (Å²) in [4.78, 5) is 12.2. The Labute approximate surface area is 122 Å². The second-order valence-corrected chi connectivity index (χ2v) is 6.74. The molecule has 20 heavy (non-hydrogen) atoms. The topological polar surface area (TPSA) is 53.5 Å². The van der Waals surface area contributed by atoms with E-state index in [2.05, 4.69) is 29.7 Å². The number of rotatable bonds is 3. The molecule has 1 saturated heterocycles. The molecule has 1 saturated carbocycles. The van der Waals surface area contributed by atoms with E-state index in [1.807, 2.05) is 6.92 Å². The first-order valence-corrected chi connectivity index (χ1v) is 8.12. The number of hydrogen-bond acceptors (Lipinski definition) is 3. The molecule has 1 amide bonds. The normalized spacial score (nSPS) is 35.6. The van der Waals surface area contributed by atoms with Gasteiger partial charge in [0.1, 0.15) is 0 Å². The van der Waals surface area contributed by atoms with Gasteiger partial charge >= 0.3 is 0 Å². The zero-order valence-corrected chi connectivity index (χ0v) is 13.1. The van der Waals surface area contributed by atoms with Crippen LogP contribution in [-0.2, 0) is 4.79 Å².